The van der Waals surface area contributed by atoms with Crippen LogP contribution in [-0.4, -0.2) is 6.71 Å². The van der Waals surface area contributed by atoms with Crippen LogP contribution in [0.2, 0.25) is 5.02 Å². The summed E-state index contributed by atoms with van der Waals surface area (Å²) in [5, 5.41) is 3.21. The Labute approximate surface area is 534 Å². The third-order valence-corrected chi connectivity index (χ3v) is 19.9. The van der Waals surface area contributed by atoms with Crippen LogP contribution in [0.1, 0.15) is 79.0 Å². The molecule has 0 unspecified atom stereocenters. The zero-order valence-corrected chi connectivity index (χ0v) is 53.7. The van der Waals surface area contributed by atoms with Gasteiger partial charge in [-0.25, -0.2) is 0 Å². The number of hydrogen-bond acceptors (Lipinski definition) is 3. The molecule has 2 aliphatic heterocycles. The number of anilines is 6. The molecule has 0 saturated heterocycles. The highest BCUT2D eigenvalue weighted by Gasteiger charge is 2.45. The van der Waals surface area contributed by atoms with Crippen LogP contribution < -0.4 is 26.2 Å². The molecule has 1 aromatic heterocycles. The quantitative estimate of drug-likeness (QED) is 0.140. The molecule has 0 N–H and O–H groups in total. The molecule has 0 atom stereocenters. The summed E-state index contributed by atoms with van der Waals surface area (Å²) in [4.78, 5) is 5.25. The van der Waals surface area contributed by atoms with Gasteiger partial charge in [-0.05, 0) is 178 Å². The SMILES string of the molecule is CC(C)(C)c1cccc(-c2ccc3c(c2)B2c4ccc(Cl)cc4N(c4c(-c5ccccc5)cc(C(C)(C)C)cc4-c4ccccc4)c4cc(-c5cccc6sc7ccccc7c56)cc(c42)N3c2cc(-c3ccccc3)cc(-c3ccccc3C(C)(C)C)c2)c1. The van der Waals surface area contributed by atoms with Gasteiger partial charge in [-0.1, -0.05) is 262 Å². The smallest absolute Gasteiger partial charge is 0.252 e. The van der Waals surface area contributed by atoms with E-state index in [0.29, 0.717) is 5.02 Å². The molecule has 432 valence electrons. The van der Waals surface area contributed by atoms with Gasteiger partial charge in [-0.2, -0.15) is 0 Å². The molecule has 12 aromatic carbocycles. The van der Waals surface area contributed by atoms with Gasteiger partial charge in [-0.15, -0.1) is 11.3 Å². The second kappa shape index (κ2) is 21.5. The standard InChI is InChI=1S/C84H70BClN2S/c1-82(2,3)61-32-23-31-56(44-61)57-39-42-73-72(47-57)85-71-41-40-63(86)52-74(71)88(81-68(54-27-15-11-16-28-54)50-62(83(4,5)6)51-69(81)55-29-17-12-18-30-55)76-49-60(66-35-24-38-78-79(66)67-34-20-22-37-77(67)89-78)48-75(80(76)85)87(73)64-45-58(53-25-13-10-14-26-53)43-59(46-64)65-33-19-21-36-70(65)84(7,8)9/h10-52H,1-9H3. The Hall–Kier alpha value is -9.19. The third kappa shape index (κ3) is 9.89. The highest BCUT2D eigenvalue weighted by molar-refractivity contribution is 7.26. The van der Waals surface area contributed by atoms with Crippen molar-refractivity contribution in [2.75, 3.05) is 9.80 Å². The number of rotatable bonds is 8. The molecule has 0 bridgehead atoms. The Morgan fingerprint density at radius 3 is 1.58 bits per heavy atom. The fourth-order valence-electron chi connectivity index (χ4n) is 14.1. The Bertz CT molecular complexity index is 4870. The summed E-state index contributed by atoms with van der Waals surface area (Å²) in [6.07, 6.45) is 0. The van der Waals surface area contributed by atoms with Crippen molar-refractivity contribution in [2.45, 2.75) is 78.6 Å². The van der Waals surface area contributed by atoms with Crippen molar-refractivity contribution in [2.24, 2.45) is 0 Å². The largest absolute Gasteiger partial charge is 0.311 e. The number of nitrogens with zero attached hydrogens (tertiary/aromatic N) is 2. The summed E-state index contributed by atoms with van der Waals surface area (Å²) in [6, 6.07) is 98.4. The van der Waals surface area contributed by atoms with Crippen LogP contribution in [0.4, 0.5) is 34.1 Å². The monoisotopic (exact) mass is 1180 g/mol. The van der Waals surface area contributed by atoms with Crippen molar-refractivity contribution in [1.29, 1.82) is 0 Å². The number of hydrogen-bond donors (Lipinski definition) is 0. The van der Waals surface area contributed by atoms with E-state index in [4.69, 9.17) is 11.6 Å². The molecule has 3 heterocycles. The Morgan fingerprint density at radius 2 is 0.899 bits per heavy atom. The molecule has 15 rings (SSSR count). The predicted molar refractivity (Wildman–Crippen MR) is 387 cm³/mol. The van der Waals surface area contributed by atoms with Gasteiger partial charge in [0.1, 0.15) is 0 Å². The normalized spacial score (nSPS) is 13.0. The van der Waals surface area contributed by atoms with Gasteiger partial charge in [0, 0.05) is 64.8 Å². The zero-order chi connectivity index (χ0) is 61.1. The molecular weight excluding hydrogens is 1120 g/mol. The summed E-state index contributed by atoms with van der Waals surface area (Å²) >= 11 is 9.39. The van der Waals surface area contributed by atoms with Crippen LogP contribution in [-0.2, 0) is 16.2 Å². The van der Waals surface area contributed by atoms with Crippen molar-refractivity contribution >= 4 is 100 Å². The van der Waals surface area contributed by atoms with E-state index in [9.17, 15) is 0 Å². The zero-order valence-electron chi connectivity index (χ0n) is 52.1. The highest BCUT2D eigenvalue weighted by atomic mass is 35.5. The molecular formula is C84H70BClN2S. The van der Waals surface area contributed by atoms with Crippen molar-refractivity contribution < 1.29 is 0 Å². The summed E-state index contributed by atoms with van der Waals surface area (Å²) < 4.78 is 2.54. The average molecular weight is 1190 g/mol. The lowest BCUT2D eigenvalue weighted by Crippen LogP contribution is -2.61. The van der Waals surface area contributed by atoms with Gasteiger partial charge in [0.05, 0.1) is 5.69 Å². The van der Waals surface area contributed by atoms with Crippen molar-refractivity contribution in [3.05, 3.63) is 283 Å². The fourth-order valence-corrected chi connectivity index (χ4v) is 15.4. The topological polar surface area (TPSA) is 6.48 Å². The van der Waals surface area contributed by atoms with Crippen molar-refractivity contribution in [3.63, 3.8) is 0 Å². The van der Waals surface area contributed by atoms with E-state index in [2.05, 4.69) is 333 Å². The van der Waals surface area contributed by atoms with Crippen LogP contribution in [0, 0.1) is 0 Å². The van der Waals surface area contributed by atoms with Gasteiger partial charge < -0.3 is 9.80 Å². The molecule has 2 aliphatic rings. The first-order valence-electron chi connectivity index (χ1n) is 31.3. The van der Waals surface area contributed by atoms with E-state index in [0.717, 1.165) is 73.1 Å². The van der Waals surface area contributed by atoms with E-state index in [1.54, 1.807) is 0 Å². The first-order chi connectivity index (χ1) is 42.9. The minimum absolute atomic E-state index is 0.0351. The van der Waals surface area contributed by atoms with Crippen LogP contribution in [0.25, 0.3) is 86.9 Å². The van der Waals surface area contributed by atoms with Gasteiger partial charge in [0.2, 0.25) is 0 Å². The van der Waals surface area contributed by atoms with E-state index in [1.807, 2.05) is 11.3 Å². The molecule has 0 fully saturated rings. The molecule has 2 nitrogen and oxygen atoms in total. The number of thiophene rings is 1. The predicted octanol–water partition coefficient (Wildman–Crippen LogP) is 22.7. The summed E-state index contributed by atoms with van der Waals surface area (Å²) in [6.45, 7) is 20.7. The first kappa shape index (κ1) is 56.3. The van der Waals surface area contributed by atoms with Crippen molar-refractivity contribution in [3.8, 4) is 66.8 Å². The molecule has 0 aliphatic carbocycles. The summed E-state index contributed by atoms with van der Waals surface area (Å²) in [5.74, 6) is 0. The lowest BCUT2D eigenvalue weighted by atomic mass is 9.33. The number of halogens is 1. The van der Waals surface area contributed by atoms with E-state index in [-0.39, 0.29) is 23.0 Å². The molecule has 0 spiro atoms. The Morgan fingerprint density at radius 1 is 0.337 bits per heavy atom. The second-order valence-electron chi connectivity index (χ2n) is 27.4. The summed E-state index contributed by atoms with van der Waals surface area (Å²) in [7, 11) is 0. The second-order valence-corrected chi connectivity index (χ2v) is 29.0. The third-order valence-electron chi connectivity index (χ3n) is 18.5. The van der Waals surface area contributed by atoms with Gasteiger partial charge in [-0.3, -0.25) is 0 Å². The maximum atomic E-state index is 7.52. The van der Waals surface area contributed by atoms with E-state index in [1.165, 1.54) is 81.1 Å². The molecule has 0 amide bonds. The lowest BCUT2D eigenvalue weighted by molar-refractivity contribution is 0.590. The van der Waals surface area contributed by atoms with Crippen LogP contribution in [0.15, 0.2) is 261 Å². The molecule has 5 heteroatoms. The Balaban J connectivity index is 1.13. The van der Waals surface area contributed by atoms with Gasteiger partial charge >= 0.3 is 0 Å². The number of fused-ring (bicyclic) bond motifs is 7. The maximum absolute atomic E-state index is 7.52. The average Bonchev–Trinajstić information content (AvgIpc) is 0.937. The molecule has 0 radical (unpaired) electrons. The Kier molecular flexibility index (Phi) is 13.6. The van der Waals surface area contributed by atoms with Gasteiger partial charge in [0.15, 0.2) is 0 Å². The number of benzene rings is 12. The van der Waals surface area contributed by atoms with Crippen molar-refractivity contribution in [1.82, 2.24) is 0 Å². The van der Waals surface area contributed by atoms with E-state index >= 15 is 0 Å². The lowest BCUT2D eigenvalue weighted by Gasteiger charge is -2.45. The fraction of sp³-hybridized carbons (Fsp3) is 0.143. The van der Waals surface area contributed by atoms with Crippen LogP contribution >= 0.6 is 22.9 Å². The minimum atomic E-state index is -0.208. The molecule has 13 aromatic rings. The minimum Gasteiger partial charge on any atom is -0.311 e. The van der Waals surface area contributed by atoms with Crippen LogP contribution in [0.3, 0.4) is 0 Å². The maximum Gasteiger partial charge on any atom is 0.252 e. The van der Waals surface area contributed by atoms with E-state index < -0.39 is 0 Å². The first-order valence-corrected chi connectivity index (χ1v) is 32.5. The molecule has 89 heavy (non-hydrogen) atoms. The summed E-state index contributed by atoms with van der Waals surface area (Å²) in [5.41, 5.74) is 27.9. The van der Waals surface area contributed by atoms with Crippen LogP contribution in [0.5, 0.6) is 0 Å². The highest BCUT2D eigenvalue weighted by Crippen LogP contribution is 2.54. The molecule has 0 saturated carbocycles. The van der Waals surface area contributed by atoms with Gasteiger partial charge in [0.25, 0.3) is 6.71 Å².